The molecule has 0 saturated carbocycles. The van der Waals surface area contributed by atoms with Crippen LogP contribution in [0.2, 0.25) is 0 Å². The molecule has 1 rings (SSSR count). The molecule has 0 aromatic heterocycles. The minimum Gasteiger partial charge on any atom is -0.423 e. The molecule has 0 atom stereocenters. The van der Waals surface area contributed by atoms with Crippen LogP contribution < -0.4 is 10.2 Å². The van der Waals surface area contributed by atoms with Crippen LogP contribution >= 0.6 is 0 Å². The average Bonchev–Trinajstić information content (AvgIpc) is 2.56. The van der Waals surface area contributed by atoms with Crippen LogP contribution in [-0.4, -0.2) is 38.0 Å². The summed E-state index contributed by atoms with van der Waals surface area (Å²) in [5.41, 5.74) is 2.08. The molecule has 5 heteroatoms. The molecular weight excluding hydrogens is 302 g/mol. The second-order valence-electron chi connectivity index (χ2n) is 5.59. The first-order valence-electron chi connectivity index (χ1n) is 8.55. The van der Waals surface area contributed by atoms with Gasteiger partial charge in [0, 0.05) is 31.4 Å². The summed E-state index contributed by atoms with van der Waals surface area (Å²) in [6.07, 6.45) is 2.41. The van der Waals surface area contributed by atoms with Gasteiger partial charge in [-0.05, 0) is 58.4 Å². The monoisotopic (exact) mass is 331 g/mol. The molecule has 0 bridgehead atoms. The lowest BCUT2D eigenvalue weighted by Crippen LogP contribution is -2.27. The van der Waals surface area contributed by atoms with Crippen molar-refractivity contribution >= 4 is 24.1 Å². The molecule has 1 aromatic rings. The highest BCUT2D eigenvalue weighted by molar-refractivity contribution is 5.85. The van der Waals surface area contributed by atoms with Crippen molar-refractivity contribution in [3.8, 4) is 0 Å². The summed E-state index contributed by atoms with van der Waals surface area (Å²) >= 11 is 0. The first kappa shape index (κ1) is 19.7. The third-order valence-electron chi connectivity index (χ3n) is 3.36. The van der Waals surface area contributed by atoms with Gasteiger partial charge in [-0.1, -0.05) is 12.1 Å². The van der Waals surface area contributed by atoms with Gasteiger partial charge in [0.2, 0.25) is 0 Å². The van der Waals surface area contributed by atoms with Gasteiger partial charge in [0.15, 0.2) is 12.0 Å². The van der Waals surface area contributed by atoms with E-state index in [1.54, 1.807) is 6.08 Å². The van der Waals surface area contributed by atoms with Crippen molar-refractivity contribution in [1.82, 2.24) is 5.32 Å². The Morgan fingerprint density at radius 3 is 2.29 bits per heavy atom. The van der Waals surface area contributed by atoms with Gasteiger partial charge in [0.25, 0.3) is 6.02 Å². The standard InChI is InChI=1S/C19H29N3O2/c1-6-20-19(21-15(4)5)24-18(14-23)13-16-9-11-17(12-10-16)22(7-2)8-3/h9-15H,6-8H2,1-5H3,(H,20,21)/b18-13+. The number of amidine groups is 1. The Balaban J connectivity index is 2.93. The van der Waals surface area contributed by atoms with Crippen molar-refractivity contribution in [3.63, 3.8) is 0 Å². The first-order valence-corrected chi connectivity index (χ1v) is 8.55. The number of allylic oxidation sites excluding steroid dienone is 1. The predicted octanol–water partition coefficient (Wildman–Crippen LogP) is 3.46. The van der Waals surface area contributed by atoms with E-state index >= 15 is 0 Å². The molecule has 0 radical (unpaired) electrons. The van der Waals surface area contributed by atoms with E-state index < -0.39 is 0 Å². The maximum atomic E-state index is 11.3. The van der Waals surface area contributed by atoms with Crippen molar-refractivity contribution in [2.75, 3.05) is 24.5 Å². The summed E-state index contributed by atoms with van der Waals surface area (Å²) in [5, 5.41) is 3.03. The number of carbonyl (C=O) groups excluding carboxylic acids is 1. The minimum absolute atomic E-state index is 0.0836. The van der Waals surface area contributed by atoms with E-state index in [0.29, 0.717) is 18.9 Å². The maximum Gasteiger partial charge on any atom is 0.290 e. The molecule has 0 aliphatic heterocycles. The SMILES string of the molecule is CCN/C(=N\C(C)C)O/C(C=O)=C/c1ccc(N(CC)CC)cc1. The fourth-order valence-electron chi connectivity index (χ4n) is 2.23. The van der Waals surface area contributed by atoms with Crippen LogP contribution in [0.4, 0.5) is 5.69 Å². The van der Waals surface area contributed by atoms with Gasteiger partial charge in [-0.25, -0.2) is 4.99 Å². The molecule has 1 N–H and O–H groups in total. The lowest BCUT2D eigenvalue weighted by molar-refractivity contribution is -0.106. The second kappa shape index (κ2) is 10.5. The number of aldehydes is 1. The summed E-state index contributed by atoms with van der Waals surface area (Å²) in [6.45, 7) is 12.7. The fourth-order valence-corrected chi connectivity index (χ4v) is 2.23. The molecule has 5 nitrogen and oxygen atoms in total. The van der Waals surface area contributed by atoms with E-state index in [1.807, 2.05) is 32.9 Å². The number of nitrogens with zero attached hydrogens (tertiary/aromatic N) is 2. The Morgan fingerprint density at radius 1 is 1.21 bits per heavy atom. The van der Waals surface area contributed by atoms with Gasteiger partial charge < -0.3 is 15.0 Å². The number of aliphatic imine (C=N–C) groups is 1. The normalized spacial score (nSPS) is 12.2. The number of nitrogens with one attached hydrogen (secondary N) is 1. The summed E-state index contributed by atoms with van der Waals surface area (Å²) < 4.78 is 5.60. The Bertz CT molecular complexity index is 558. The van der Waals surface area contributed by atoms with Crippen molar-refractivity contribution in [3.05, 3.63) is 35.6 Å². The van der Waals surface area contributed by atoms with Crippen LogP contribution in [0.1, 0.15) is 40.2 Å². The van der Waals surface area contributed by atoms with E-state index in [0.717, 1.165) is 18.7 Å². The second-order valence-corrected chi connectivity index (χ2v) is 5.59. The summed E-state index contributed by atoms with van der Waals surface area (Å²) in [5.74, 6) is 0.228. The van der Waals surface area contributed by atoms with E-state index in [9.17, 15) is 4.79 Å². The number of rotatable bonds is 8. The molecule has 0 spiro atoms. The van der Waals surface area contributed by atoms with Gasteiger partial charge in [0.1, 0.15) is 0 Å². The molecule has 132 valence electrons. The maximum absolute atomic E-state index is 11.3. The van der Waals surface area contributed by atoms with Crippen LogP contribution in [0.15, 0.2) is 35.0 Å². The molecule has 0 heterocycles. The van der Waals surface area contributed by atoms with Gasteiger partial charge in [-0.3, -0.25) is 4.79 Å². The van der Waals surface area contributed by atoms with Crippen LogP contribution in [0.5, 0.6) is 0 Å². The summed E-state index contributed by atoms with van der Waals surface area (Å²) in [7, 11) is 0. The number of carbonyl (C=O) groups is 1. The molecular formula is C19H29N3O2. The fraction of sp³-hybridized carbons (Fsp3) is 0.474. The van der Waals surface area contributed by atoms with Crippen LogP contribution in [-0.2, 0) is 9.53 Å². The number of anilines is 1. The molecule has 0 aliphatic rings. The molecule has 0 amide bonds. The van der Waals surface area contributed by atoms with Crippen molar-refractivity contribution in [2.24, 2.45) is 4.99 Å². The molecule has 1 aromatic carbocycles. The van der Waals surface area contributed by atoms with Crippen molar-refractivity contribution in [1.29, 1.82) is 0 Å². The highest BCUT2D eigenvalue weighted by atomic mass is 16.5. The van der Waals surface area contributed by atoms with Gasteiger partial charge in [0.05, 0.1) is 0 Å². The Labute approximate surface area is 145 Å². The Hall–Kier alpha value is -2.30. The zero-order chi connectivity index (χ0) is 17.9. The van der Waals surface area contributed by atoms with Gasteiger partial charge >= 0.3 is 0 Å². The third-order valence-corrected chi connectivity index (χ3v) is 3.36. The van der Waals surface area contributed by atoms with E-state index in [-0.39, 0.29) is 11.8 Å². The van der Waals surface area contributed by atoms with Crippen LogP contribution in [0.3, 0.4) is 0 Å². The highest BCUT2D eigenvalue weighted by Gasteiger charge is 2.06. The number of hydrogen-bond donors (Lipinski definition) is 1. The number of benzene rings is 1. The summed E-state index contributed by atoms with van der Waals surface area (Å²) in [6, 6.07) is 8.51. The quantitative estimate of drug-likeness (QED) is 0.261. The number of hydrogen-bond acceptors (Lipinski definition) is 4. The topological polar surface area (TPSA) is 53.9 Å². The minimum atomic E-state index is 0.0836. The average molecular weight is 331 g/mol. The molecule has 0 saturated heterocycles. The Kier molecular flexibility index (Phi) is 8.61. The number of ether oxygens (including phenoxy) is 1. The Morgan fingerprint density at radius 2 is 1.83 bits per heavy atom. The molecule has 0 unspecified atom stereocenters. The van der Waals surface area contributed by atoms with Gasteiger partial charge in [-0.15, -0.1) is 0 Å². The molecule has 0 fully saturated rings. The van der Waals surface area contributed by atoms with Crippen LogP contribution in [0.25, 0.3) is 6.08 Å². The first-order chi connectivity index (χ1) is 11.5. The lowest BCUT2D eigenvalue weighted by atomic mass is 10.1. The zero-order valence-electron chi connectivity index (χ0n) is 15.4. The molecule has 24 heavy (non-hydrogen) atoms. The molecule has 0 aliphatic carbocycles. The highest BCUT2D eigenvalue weighted by Crippen LogP contribution is 2.16. The van der Waals surface area contributed by atoms with E-state index in [2.05, 4.69) is 41.2 Å². The smallest absolute Gasteiger partial charge is 0.290 e. The zero-order valence-corrected chi connectivity index (χ0v) is 15.4. The van der Waals surface area contributed by atoms with Gasteiger partial charge in [-0.2, -0.15) is 0 Å². The third kappa shape index (κ3) is 6.44. The van der Waals surface area contributed by atoms with Crippen molar-refractivity contribution in [2.45, 2.75) is 40.7 Å². The summed E-state index contributed by atoms with van der Waals surface area (Å²) in [4.78, 5) is 17.9. The lowest BCUT2D eigenvalue weighted by Gasteiger charge is -2.20. The largest absolute Gasteiger partial charge is 0.423 e. The van der Waals surface area contributed by atoms with E-state index in [4.69, 9.17) is 4.74 Å². The van der Waals surface area contributed by atoms with Crippen LogP contribution in [0, 0.1) is 0 Å². The van der Waals surface area contributed by atoms with Crippen molar-refractivity contribution < 1.29 is 9.53 Å². The predicted molar refractivity (Wildman–Crippen MR) is 101 cm³/mol. The van der Waals surface area contributed by atoms with E-state index in [1.165, 1.54) is 5.69 Å².